The molecule has 2 aromatic carbocycles. The summed E-state index contributed by atoms with van der Waals surface area (Å²) < 4.78 is 26.7. The number of hydrogen-bond acceptors (Lipinski definition) is 2. The topological polar surface area (TPSA) is 65.1 Å². The minimum Gasteiger partial charge on any atom is -0.304 e. The first-order chi connectivity index (χ1) is 12.4. The highest BCUT2D eigenvalue weighted by Gasteiger charge is 2.36. The molecule has 1 aliphatic carbocycles. The SMILES string of the molecule is NS(=O)(=O)c1cc(C2CCCC(Cl)C2)ccc1-c1c2c3ccccc3n1-2. The van der Waals surface area contributed by atoms with E-state index in [1.54, 1.807) is 6.07 Å². The number of nitrogens with zero attached hydrogens (tertiary/aromatic N) is 1. The number of fused-ring (bicyclic) bond motifs is 4. The van der Waals surface area contributed by atoms with Crippen molar-refractivity contribution in [3.63, 3.8) is 0 Å². The number of primary sulfonamides is 1. The second kappa shape index (κ2) is 5.59. The van der Waals surface area contributed by atoms with E-state index < -0.39 is 10.0 Å². The van der Waals surface area contributed by atoms with E-state index in [4.69, 9.17) is 16.7 Å². The average Bonchev–Trinajstić information content (AvgIpc) is 3.27. The lowest BCUT2D eigenvalue weighted by Gasteiger charge is -2.26. The molecule has 0 bridgehead atoms. The number of alkyl halides is 1. The smallest absolute Gasteiger partial charge is 0.238 e. The summed E-state index contributed by atoms with van der Waals surface area (Å²) in [6.07, 6.45) is 4.03. The predicted octanol–water partition coefficient (Wildman–Crippen LogP) is 4.52. The lowest BCUT2D eigenvalue weighted by atomic mass is 9.83. The third-order valence-corrected chi connectivity index (χ3v) is 7.02. The van der Waals surface area contributed by atoms with Gasteiger partial charge in [0.05, 0.1) is 21.8 Å². The van der Waals surface area contributed by atoms with Crippen LogP contribution in [-0.4, -0.2) is 18.4 Å². The molecule has 5 rings (SSSR count). The van der Waals surface area contributed by atoms with Crippen molar-refractivity contribution in [1.29, 1.82) is 0 Å². The maximum atomic E-state index is 12.3. The van der Waals surface area contributed by atoms with Crippen LogP contribution >= 0.6 is 11.6 Å². The van der Waals surface area contributed by atoms with Gasteiger partial charge in [-0.05, 0) is 42.9 Å². The van der Waals surface area contributed by atoms with Crippen molar-refractivity contribution < 1.29 is 8.42 Å². The number of para-hydroxylation sites is 1. The Morgan fingerprint density at radius 1 is 1.12 bits per heavy atom. The Balaban J connectivity index is 1.62. The Bertz CT molecular complexity index is 1110. The van der Waals surface area contributed by atoms with Crippen molar-refractivity contribution in [3.05, 3.63) is 48.0 Å². The van der Waals surface area contributed by atoms with Crippen LogP contribution in [0.4, 0.5) is 0 Å². The third kappa shape index (κ3) is 2.42. The molecule has 0 spiro atoms. The van der Waals surface area contributed by atoms with Crippen LogP contribution in [0.25, 0.3) is 27.8 Å². The predicted molar refractivity (Wildman–Crippen MR) is 104 cm³/mol. The second-order valence-corrected chi connectivity index (χ2v) is 9.46. The van der Waals surface area contributed by atoms with E-state index in [1.807, 2.05) is 30.3 Å². The molecule has 0 amide bonds. The zero-order valence-electron chi connectivity index (χ0n) is 14.2. The van der Waals surface area contributed by atoms with Crippen molar-refractivity contribution in [3.8, 4) is 16.9 Å². The van der Waals surface area contributed by atoms with Crippen LogP contribution in [-0.2, 0) is 10.0 Å². The average molecular weight is 387 g/mol. The molecule has 6 heteroatoms. The largest absolute Gasteiger partial charge is 0.304 e. The van der Waals surface area contributed by atoms with Gasteiger partial charge in [0.25, 0.3) is 0 Å². The molecule has 2 aliphatic heterocycles. The highest BCUT2D eigenvalue weighted by atomic mass is 35.5. The number of hydrogen-bond donors (Lipinski definition) is 1. The summed E-state index contributed by atoms with van der Waals surface area (Å²) in [6, 6.07) is 13.8. The van der Waals surface area contributed by atoms with E-state index in [0.717, 1.165) is 48.1 Å². The van der Waals surface area contributed by atoms with E-state index >= 15 is 0 Å². The zero-order valence-corrected chi connectivity index (χ0v) is 15.7. The second-order valence-electron chi connectivity index (χ2n) is 7.31. The first kappa shape index (κ1) is 16.4. The van der Waals surface area contributed by atoms with E-state index in [1.165, 1.54) is 5.39 Å². The van der Waals surface area contributed by atoms with Gasteiger partial charge in [-0.25, -0.2) is 13.6 Å². The molecule has 2 heterocycles. The van der Waals surface area contributed by atoms with Gasteiger partial charge in [-0.3, -0.25) is 0 Å². The van der Waals surface area contributed by atoms with Gasteiger partial charge in [-0.2, -0.15) is 0 Å². The molecule has 2 atom stereocenters. The molecule has 134 valence electrons. The molecular weight excluding hydrogens is 368 g/mol. The summed E-state index contributed by atoms with van der Waals surface area (Å²) >= 11 is 6.32. The fourth-order valence-electron chi connectivity index (χ4n) is 4.37. The Kier molecular flexibility index (Phi) is 3.52. The number of rotatable bonds is 3. The van der Waals surface area contributed by atoms with Gasteiger partial charge in [-0.15, -0.1) is 11.6 Å². The summed E-state index contributed by atoms with van der Waals surface area (Å²) in [5.41, 5.74) is 4.91. The van der Waals surface area contributed by atoms with Crippen molar-refractivity contribution in [2.45, 2.75) is 41.9 Å². The van der Waals surface area contributed by atoms with Gasteiger partial charge in [0.1, 0.15) is 0 Å². The van der Waals surface area contributed by atoms with Gasteiger partial charge >= 0.3 is 0 Å². The van der Waals surface area contributed by atoms with Gasteiger partial charge < -0.3 is 4.57 Å². The van der Waals surface area contributed by atoms with Crippen LogP contribution in [0.5, 0.6) is 0 Å². The van der Waals surface area contributed by atoms with E-state index in [-0.39, 0.29) is 10.3 Å². The monoisotopic (exact) mass is 386 g/mol. The quantitative estimate of drug-likeness (QED) is 0.526. The maximum Gasteiger partial charge on any atom is 0.238 e. The summed E-state index contributed by atoms with van der Waals surface area (Å²) in [5, 5.41) is 6.90. The normalized spacial score (nSPS) is 21.9. The molecule has 2 unspecified atom stereocenters. The minimum absolute atomic E-state index is 0.163. The van der Waals surface area contributed by atoms with Crippen LogP contribution in [0.3, 0.4) is 0 Å². The molecule has 3 aliphatic rings. The Morgan fingerprint density at radius 3 is 2.65 bits per heavy atom. The van der Waals surface area contributed by atoms with Crippen LogP contribution in [0.2, 0.25) is 0 Å². The molecule has 2 N–H and O–H groups in total. The minimum atomic E-state index is -3.81. The molecule has 0 radical (unpaired) electrons. The van der Waals surface area contributed by atoms with Gasteiger partial charge in [0.2, 0.25) is 10.0 Å². The van der Waals surface area contributed by atoms with Crippen LogP contribution < -0.4 is 5.14 Å². The molecule has 2 aromatic rings. The summed E-state index contributed by atoms with van der Waals surface area (Å²) in [6.45, 7) is 0. The number of nitrogens with two attached hydrogens (primary N) is 1. The molecular formula is C20H19ClN2O2S. The summed E-state index contributed by atoms with van der Waals surface area (Å²) in [4.78, 5) is 0.217. The van der Waals surface area contributed by atoms with Crippen molar-refractivity contribution >= 4 is 32.5 Å². The molecule has 1 saturated carbocycles. The fraction of sp³-hybridized carbons (Fsp3) is 0.300. The third-order valence-electron chi connectivity index (χ3n) is 5.67. The van der Waals surface area contributed by atoms with Gasteiger partial charge in [-0.1, -0.05) is 36.8 Å². The van der Waals surface area contributed by atoms with Crippen molar-refractivity contribution in [2.24, 2.45) is 5.14 Å². The highest BCUT2D eigenvalue weighted by Crippen LogP contribution is 2.52. The van der Waals surface area contributed by atoms with Crippen LogP contribution in [0.15, 0.2) is 47.4 Å². The zero-order chi connectivity index (χ0) is 18.1. The molecule has 0 aromatic heterocycles. The fourth-order valence-corrected chi connectivity index (χ4v) is 5.52. The molecule has 1 fully saturated rings. The molecule has 4 nitrogen and oxygen atoms in total. The van der Waals surface area contributed by atoms with Gasteiger partial charge in [0, 0.05) is 16.3 Å². The number of aromatic nitrogens is 1. The number of benzene rings is 2. The lowest BCUT2D eigenvalue weighted by molar-refractivity contribution is 0.449. The van der Waals surface area contributed by atoms with Crippen LogP contribution in [0, 0.1) is 0 Å². The van der Waals surface area contributed by atoms with Crippen molar-refractivity contribution in [1.82, 2.24) is 4.57 Å². The van der Waals surface area contributed by atoms with Crippen LogP contribution in [0.1, 0.15) is 37.2 Å². The molecule has 0 saturated heterocycles. The number of sulfonamides is 1. The Morgan fingerprint density at radius 2 is 1.92 bits per heavy atom. The Hall–Kier alpha value is -1.82. The summed E-state index contributed by atoms with van der Waals surface area (Å²) in [5.74, 6) is 0.298. The first-order valence-electron chi connectivity index (χ1n) is 8.90. The standard InChI is InChI=1S/C20H19ClN2O2S/c21-14-5-3-4-12(10-14)13-8-9-16(18(11-13)26(22,24)25)20-19-15-6-1-2-7-17(15)23(19)20/h1-2,6-9,11-12,14H,3-5,10H2,(H2,22,24,25). The lowest BCUT2D eigenvalue weighted by Crippen LogP contribution is -2.16. The highest BCUT2D eigenvalue weighted by molar-refractivity contribution is 7.89. The van der Waals surface area contributed by atoms with Crippen molar-refractivity contribution in [2.75, 3.05) is 0 Å². The maximum absolute atomic E-state index is 12.3. The van der Waals surface area contributed by atoms with E-state index in [0.29, 0.717) is 11.5 Å². The number of halogens is 1. The summed E-state index contributed by atoms with van der Waals surface area (Å²) in [7, 11) is -3.81. The Labute approximate surface area is 157 Å². The van der Waals surface area contributed by atoms with E-state index in [9.17, 15) is 8.42 Å². The first-order valence-corrected chi connectivity index (χ1v) is 10.9. The molecule has 26 heavy (non-hydrogen) atoms. The van der Waals surface area contributed by atoms with Gasteiger partial charge in [0.15, 0.2) is 0 Å². The van der Waals surface area contributed by atoms with E-state index in [2.05, 4.69) is 10.6 Å².